The van der Waals surface area contributed by atoms with Gasteiger partial charge in [0.1, 0.15) is 11.4 Å². The SMILES string of the molecule is c1ccc(-c2ccc(-c3nnc(-c4ccco4)c4ccccc34)s2)nc1. The molecule has 0 atom stereocenters. The van der Waals surface area contributed by atoms with Gasteiger partial charge < -0.3 is 4.42 Å². The molecule has 5 heteroatoms. The van der Waals surface area contributed by atoms with Gasteiger partial charge in [-0.05, 0) is 36.4 Å². The normalized spacial score (nSPS) is 11.1. The Morgan fingerprint density at radius 1 is 0.692 bits per heavy atom. The summed E-state index contributed by atoms with van der Waals surface area (Å²) < 4.78 is 5.53. The highest BCUT2D eigenvalue weighted by molar-refractivity contribution is 7.18. The minimum atomic E-state index is 0.723. The fraction of sp³-hybridized carbons (Fsp3) is 0. The third-order valence-electron chi connectivity index (χ3n) is 4.20. The smallest absolute Gasteiger partial charge is 0.154 e. The van der Waals surface area contributed by atoms with Crippen LogP contribution in [0.2, 0.25) is 0 Å². The second-order valence-corrected chi connectivity index (χ2v) is 6.88. The lowest BCUT2D eigenvalue weighted by atomic mass is 10.1. The Bertz CT molecular complexity index is 1180. The summed E-state index contributed by atoms with van der Waals surface area (Å²) in [6.07, 6.45) is 3.46. The summed E-state index contributed by atoms with van der Waals surface area (Å²) in [4.78, 5) is 6.61. The van der Waals surface area contributed by atoms with E-state index in [0.717, 1.165) is 43.4 Å². The lowest BCUT2D eigenvalue weighted by molar-refractivity contribution is 0.579. The average Bonchev–Trinajstić information content (AvgIpc) is 3.40. The predicted molar refractivity (Wildman–Crippen MR) is 104 cm³/mol. The first-order valence-electron chi connectivity index (χ1n) is 8.21. The molecular formula is C21H13N3OS. The number of nitrogens with zero attached hydrogens (tertiary/aromatic N) is 3. The van der Waals surface area contributed by atoms with Crippen LogP contribution in [0.5, 0.6) is 0 Å². The summed E-state index contributed by atoms with van der Waals surface area (Å²) in [5, 5.41) is 11.1. The van der Waals surface area contributed by atoms with E-state index in [0.29, 0.717) is 0 Å². The second-order valence-electron chi connectivity index (χ2n) is 5.80. The lowest BCUT2D eigenvalue weighted by Gasteiger charge is -2.06. The molecule has 5 aromatic rings. The number of hydrogen-bond donors (Lipinski definition) is 0. The number of aromatic nitrogens is 3. The second kappa shape index (κ2) is 6.20. The van der Waals surface area contributed by atoms with E-state index in [4.69, 9.17) is 4.42 Å². The zero-order valence-electron chi connectivity index (χ0n) is 13.7. The molecule has 5 rings (SSSR count). The van der Waals surface area contributed by atoms with Crippen molar-refractivity contribution in [1.29, 1.82) is 0 Å². The summed E-state index contributed by atoms with van der Waals surface area (Å²) >= 11 is 1.67. The number of hydrogen-bond acceptors (Lipinski definition) is 5. The molecule has 4 nitrogen and oxygen atoms in total. The van der Waals surface area contributed by atoms with Gasteiger partial charge in [-0.1, -0.05) is 30.3 Å². The van der Waals surface area contributed by atoms with Gasteiger partial charge in [0.25, 0.3) is 0 Å². The first kappa shape index (κ1) is 15.0. The van der Waals surface area contributed by atoms with E-state index in [1.54, 1.807) is 17.6 Å². The molecule has 0 saturated carbocycles. The third kappa shape index (κ3) is 2.50. The van der Waals surface area contributed by atoms with Crippen LogP contribution in [-0.4, -0.2) is 15.2 Å². The molecule has 1 aromatic carbocycles. The molecule has 0 bridgehead atoms. The van der Waals surface area contributed by atoms with Crippen molar-refractivity contribution < 1.29 is 4.42 Å². The molecule has 0 saturated heterocycles. The molecule has 0 spiro atoms. The van der Waals surface area contributed by atoms with Gasteiger partial charge in [0.05, 0.1) is 21.7 Å². The maximum Gasteiger partial charge on any atom is 0.154 e. The fourth-order valence-corrected chi connectivity index (χ4v) is 3.97. The molecule has 4 aromatic heterocycles. The molecule has 0 aliphatic rings. The van der Waals surface area contributed by atoms with Crippen molar-refractivity contribution in [2.24, 2.45) is 0 Å². The number of furan rings is 1. The van der Waals surface area contributed by atoms with Crippen molar-refractivity contribution in [2.45, 2.75) is 0 Å². The summed E-state index contributed by atoms with van der Waals surface area (Å²) in [7, 11) is 0. The van der Waals surface area contributed by atoms with Crippen molar-refractivity contribution in [3.8, 4) is 32.6 Å². The van der Waals surface area contributed by atoms with Crippen molar-refractivity contribution in [1.82, 2.24) is 15.2 Å². The van der Waals surface area contributed by atoms with Crippen LogP contribution in [-0.2, 0) is 0 Å². The van der Waals surface area contributed by atoms with Gasteiger partial charge in [-0.2, -0.15) is 0 Å². The van der Waals surface area contributed by atoms with Crippen LogP contribution in [0.3, 0.4) is 0 Å². The van der Waals surface area contributed by atoms with E-state index >= 15 is 0 Å². The summed E-state index contributed by atoms with van der Waals surface area (Å²) in [6, 6.07) is 22.0. The van der Waals surface area contributed by atoms with Gasteiger partial charge in [0.15, 0.2) is 5.76 Å². The Morgan fingerprint density at radius 2 is 1.46 bits per heavy atom. The quantitative estimate of drug-likeness (QED) is 0.418. The van der Waals surface area contributed by atoms with Crippen LogP contribution in [0.4, 0.5) is 0 Å². The number of pyridine rings is 1. The van der Waals surface area contributed by atoms with Crippen molar-refractivity contribution in [3.63, 3.8) is 0 Å². The monoisotopic (exact) mass is 355 g/mol. The highest BCUT2D eigenvalue weighted by atomic mass is 32.1. The largest absolute Gasteiger partial charge is 0.463 e. The Morgan fingerprint density at radius 3 is 2.23 bits per heavy atom. The summed E-state index contributed by atoms with van der Waals surface area (Å²) in [5.41, 5.74) is 2.60. The molecule has 0 fully saturated rings. The third-order valence-corrected chi connectivity index (χ3v) is 5.31. The first-order chi connectivity index (χ1) is 12.9. The van der Waals surface area contributed by atoms with Gasteiger partial charge >= 0.3 is 0 Å². The highest BCUT2D eigenvalue weighted by Gasteiger charge is 2.15. The van der Waals surface area contributed by atoms with Crippen LogP contribution in [0.25, 0.3) is 43.4 Å². The van der Waals surface area contributed by atoms with Gasteiger partial charge in [-0.25, -0.2) is 0 Å². The Hall–Kier alpha value is -3.31. The molecule has 0 radical (unpaired) electrons. The molecule has 124 valence electrons. The van der Waals surface area contributed by atoms with Gasteiger partial charge in [0.2, 0.25) is 0 Å². The molecule has 0 N–H and O–H groups in total. The minimum absolute atomic E-state index is 0.723. The number of benzene rings is 1. The maximum absolute atomic E-state index is 5.53. The zero-order chi connectivity index (χ0) is 17.3. The Labute approximate surface area is 153 Å². The zero-order valence-corrected chi connectivity index (χ0v) is 14.5. The maximum atomic E-state index is 5.53. The van der Waals surface area contributed by atoms with E-state index in [2.05, 4.69) is 39.4 Å². The van der Waals surface area contributed by atoms with E-state index in [-0.39, 0.29) is 0 Å². The number of thiophene rings is 1. The van der Waals surface area contributed by atoms with E-state index in [9.17, 15) is 0 Å². The van der Waals surface area contributed by atoms with Crippen LogP contribution in [0, 0.1) is 0 Å². The van der Waals surface area contributed by atoms with Gasteiger partial charge in [-0.15, -0.1) is 21.5 Å². The van der Waals surface area contributed by atoms with Crippen molar-refractivity contribution in [3.05, 3.63) is 79.2 Å². The molecule has 0 aliphatic carbocycles. The van der Waals surface area contributed by atoms with Crippen LogP contribution in [0.15, 0.2) is 83.6 Å². The van der Waals surface area contributed by atoms with Gasteiger partial charge in [0, 0.05) is 17.0 Å². The molecule has 0 aliphatic heterocycles. The number of rotatable bonds is 3. The minimum Gasteiger partial charge on any atom is -0.463 e. The predicted octanol–water partition coefficient (Wildman–Crippen LogP) is 5.68. The Kier molecular flexibility index (Phi) is 3.57. The van der Waals surface area contributed by atoms with Crippen LogP contribution >= 0.6 is 11.3 Å². The molecule has 0 unspecified atom stereocenters. The Balaban J connectivity index is 1.67. The molecule has 4 heterocycles. The summed E-state index contributed by atoms with van der Waals surface area (Å²) in [6.45, 7) is 0. The van der Waals surface area contributed by atoms with E-state index < -0.39 is 0 Å². The lowest BCUT2D eigenvalue weighted by Crippen LogP contribution is -1.92. The molecular weight excluding hydrogens is 342 g/mol. The highest BCUT2D eigenvalue weighted by Crippen LogP contribution is 2.37. The molecule has 26 heavy (non-hydrogen) atoms. The van der Waals surface area contributed by atoms with Crippen LogP contribution < -0.4 is 0 Å². The first-order valence-corrected chi connectivity index (χ1v) is 9.03. The molecule has 0 amide bonds. The summed E-state index contributed by atoms with van der Waals surface area (Å²) in [5.74, 6) is 0.723. The topological polar surface area (TPSA) is 51.8 Å². The van der Waals surface area contributed by atoms with Gasteiger partial charge in [-0.3, -0.25) is 4.98 Å². The van der Waals surface area contributed by atoms with E-state index in [1.807, 2.05) is 48.7 Å². The standard InChI is InChI=1S/C21H13N3OS/c1-2-7-15-14(6-1)20(17-9-5-13-25-17)23-24-21(15)19-11-10-18(26-19)16-8-3-4-12-22-16/h1-13H. The van der Waals surface area contributed by atoms with E-state index in [1.165, 1.54) is 0 Å². The fourth-order valence-electron chi connectivity index (χ4n) is 2.99. The number of fused-ring (bicyclic) bond motifs is 1. The van der Waals surface area contributed by atoms with Crippen molar-refractivity contribution >= 4 is 22.1 Å². The van der Waals surface area contributed by atoms with Crippen LogP contribution in [0.1, 0.15) is 0 Å². The average molecular weight is 355 g/mol. The van der Waals surface area contributed by atoms with Crippen molar-refractivity contribution in [2.75, 3.05) is 0 Å².